The molecule has 0 aromatic carbocycles. The van der Waals surface area contributed by atoms with E-state index < -0.39 is 12.3 Å². The number of thioether (sulfide) groups is 1. The zero-order chi connectivity index (χ0) is 13.1. The third-order valence-electron chi connectivity index (χ3n) is 3.33. The molecule has 4 unspecified atom stereocenters. The number of amidine groups is 1. The van der Waals surface area contributed by atoms with E-state index in [9.17, 15) is 8.78 Å². The Hall–Kier alpha value is -0.360. The summed E-state index contributed by atoms with van der Waals surface area (Å²) in [6.45, 7) is 1.73. The molecule has 1 aliphatic heterocycles. The Balaban J connectivity index is 1.81. The smallest absolute Gasteiger partial charge is 0.157 e. The first-order valence-electron chi connectivity index (χ1n) is 6.47. The van der Waals surface area contributed by atoms with Crippen LogP contribution in [0.4, 0.5) is 8.78 Å². The second-order valence-electron chi connectivity index (χ2n) is 5.25. The summed E-state index contributed by atoms with van der Waals surface area (Å²) in [5.41, 5.74) is 0. The van der Waals surface area contributed by atoms with Gasteiger partial charge in [-0.1, -0.05) is 11.8 Å². The van der Waals surface area contributed by atoms with E-state index >= 15 is 0 Å². The quantitative estimate of drug-likeness (QED) is 0.795. The lowest BCUT2D eigenvalue weighted by molar-refractivity contribution is 0.138. The van der Waals surface area contributed by atoms with Crippen molar-refractivity contribution in [3.05, 3.63) is 0 Å². The molecular weight excluding hydrogens is 256 g/mol. The van der Waals surface area contributed by atoms with Gasteiger partial charge in [0.2, 0.25) is 0 Å². The average molecular weight is 277 g/mol. The fourth-order valence-corrected chi connectivity index (χ4v) is 3.74. The van der Waals surface area contributed by atoms with Crippen LogP contribution in [0.2, 0.25) is 0 Å². The molecule has 2 rings (SSSR count). The van der Waals surface area contributed by atoms with Gasteiger partial charge in [-0.3, -0.25) is 4.99 Å². The third kappa shape index (κ3) is 3.57. The van der Waals surface area contributed by atoms with Crippen LogP contribution in [0.1, 0.15) is 19.3 Å². The second kappa shape index (κ2) is 6.19. The highest BCUT2D eigenvalue weighted by atomic mass is 32.2. The third-order valence-corrected chi connectivity index (χ3v) is 4.59. The van der Waals surface area contributed by atoms with Gasteiger partial charge in [0, 0.05) is 18.2 Å². The Morgan fingerprint density at radius 1 is 1.39 bits per heavy atom. The summed E-state index contributed by atoms with van der Waals surface area (Å²) in [6, 6.07) is -0.241. The molecule has 0 aromatic heterocycles. The molecule has 3 nitrogen and oxygen atoms in total. The van der Waals surface area contributed by atoms with E-state index in [2.05, 4.69) is 15.2 Å². The van der Waals surface area contributed by atoms with E-state index in [1.165, 1.54) is 11.8 Å². The minimum absolute atomic E-state index is 0.0105. The maximum absolute atomic E-state index is 13.7. The van der Waals surface area contributed by atoms with Crippen molar-refractivity contribution in [1.29, 1.82) is 0 Å². The highest BCUT2D eigenvalue weighted by molar-refractivity contribution is 8.14. The Kier molecular flexibility index (Phi) is 4.84. The fraction of sp³-hybridized carbons (Fsp3) is 0.917. The van der Waals surface area contributed by atoms with Crippen molar-refractivity contribution in [3.63, 3.8) is 0 Å². The molecule has 0 amide bonds. The van der Waals surface area contributed by atoms with Crippen LogP contribution < -0.4 is 5.32 Å². The lowest BCUT2D eigenvalue weighted by atomic mass is 9.92. The molecule has 1 N–H and O–H groups in total. The lowest BCUT2D eigenvalue weighted by Gasteiger charge is -2.29. The molecule has 0 radical (unpaired) electrons. The molecule has 104 valence electrons. The van der Waals surface area contributed by atoms with Crippen molar-refractivity contribution in [1.82, 2.24) is 10.2 Å². The molecule has 1 saturated carbocycles. The number of alkyl halides is 2. The number of aliphatic imine (C=N–C) groups is 1. The Morgan fingerprint density at radius 3 is 2.89 bits per heavy atom. The molecular formula is C12H21F2N3S. The molecule has 2 aliphatic rings. The first-order valence-corrected chi connectivity index (χ1v) is 7.34. The van der Waals surface area contributed by atoms with Crippen molar-refractivity contribution >= 4 is 16.9 Å². The van der Waals surface area contributed by atoms with Gasteiger partial charge in [0.15, 0.2) is 5.17 Å². The molecule has 0 spiro atoms. The van der Waals surface area contributed by atoms with Gasteiger partial charge >= 0.3 is 0 Å². The summed E-state index contributed by atoms with van der Waals surface area (Å²) in [6.07, 6.45) is -0.620. The molecule has 2 fully saturated rings. The van der Waals surface area contributed by atoms with Gasteiger partial charge in [0.25, 0.3) is 0 Å². The van der Waals surface area contributed by atoms with Crippen LogP contribution in [-0.2, 0) is 0 Å². The van der Waals surface area contributed by atoms with Crippen molar-refractivity contribution in [2.75, 3.05) is 27.2 Å². The molecule has 18 heavy (non-hydrogen) atoms. The van der Waals surface area contributed by atoms with Crippen LogP contribution in [0.3, 0.4) is 0 Å². The number of halogens is 2. The van der Waals surface area contributed by atoms with Crippen molar-refractivity contribution in [3.8, 4) is 0 Å². The number of rotatable bonds is 4. The van der Waals surface area contributed by atoms with E-state index in [4.69, 9.17) is 0 Å². The maximum Gasteiger partial charge on any atom is 0.157 e. The summed E-state index contributed by atoms with van der Waals surface area (Å²) in [7, 11) is 4.05. The van der Waals surface area contributed by atoms with Crippen LogP contribution in [0.15, 0.2) is 4.99 Å². The second-order valence-corrected chi connectivity index (χ2v) is 6.48. The van der Waals surface area contributed by atoms with Gasteiger partial charge in [-0.2, -0.15) is 0 Å². The minimum Gasteiger partial charge on any atom is -0.358 e. The van der Waals surface area contributed by atoms with Gasteiger partial charge in [-0.15, -0.1) is 0 Å². The number of nitrogens with zero attached hydrogens (tertiary/aromatic N) is 2. The van der Waals surface area contributed by atoms with Crippen molar-refractivity contribution < 1.29 is 8.78 Å². The highest BCUT2D eigenvalue weighted by Gasteiger charge is 2.43. The monoisotopic (exact) mass is 277 g/mol. The van der Waals surface area contributed by atoms with Gasteiger partial charge in [0.05, 0.1) is 6.04 Å². The largest absolute Gasteiger partial charge is 0.358 e. The summed E-state index contributed by atoms with van der Waals surface area (Å²) in [5.74, 6) is 0. The lowest BCUT2D eigenvalue weighted by Crippen LogP contribution is -2.46. The van der Waals surface area contributed by atoms with E-state index in [1.807, 2.05) is 14.1 Å². The van der Waals surface area contributed by atoms with Gasteiger partial charge in [-0.25, -0.2) is 8.78 Å². The topological polar surface area (TPSA) is 27.6 Å². The molecule has 1 saturated heterocycles. The molecule has 1 heterocycles. The molecule has 0 aromatic rings. The SMILES string of the molecule is CN(C)CCCN=C1NC2C(F)CC(F)CC2S1. The Bertz CT molecular complexity index is 312. The molecule has 6 heteroatoms. The van der Waals surface area contributed by atoms with Crippen LogP contribution in [0, 0.1) is 0 Å². The fourth-order valence-electron chi connectivity index (χ4n) is 2.39. The minimum atomic E-state index is -1.08. The first-order chi connectivity index (χ1) is 8.56. The summed E-state index contributed by atoms with van der Waals surface area (Å²) >= 11 is 1.51. The van der Waals surface area contributed by atoms with Gasteiger partial charge in [0.1, 0.15) is 12.3 Å². The number of hydrogen-bond donors (Lipinski definition) is 1. The van der Waals surface area contributed by atoms with E-state index in [0.717, 1.165) is 24.7 Å². The zero-order valence-corrected chi connectivity index (χ0v) is 11.7. The average Bonchev–Trinajstić information content (AvgIpc) is 2.67. The molecule has 4 atom stereocenters. The normalized spacial score (nSPS) is 37.9. The standard InChI is InChI=1S/C12H21F2N3S/c1-17(2)5-3-4-15-12-16-11-9(14)6-8(13)7-10(11)18-12/h8-11H,3-7H2,1-2H3,(H,15,16). The number of hydrogen-bond acceptors (Lipinski definition) is 3. The predicted octanol–water partition coefficient (Wildman–Crippen LogP) is 1.84. The van der Waals surface area contributed by atoms with Crippen LogP contribution >= 0.6 is 11.8 Å². The van der Waals surface area contributed by atoms with Crippen molar-refractivity contribution in [2.24, 2.45) is 4.99 Å². The zero-order valence-electron chi connectivity index (χ0n) is 10.9. The Morgan fingerprint density at radius 2 is 2.17 bits per heavy atom. The van der Waals surface area contributed by atoms with Crippen LogP contribution in [0.5, 0.6) is 0 Å². The van der Waals surface area contributed by atoms with E-state index in [-0.39, 0.29) is 17.7 Å². The van der Waals surface area contributed by atoms with Crippen LogP contribution in [0.25, 0.3) is 0 Å². The maximum atomic E-state index is 13.7. The summed E-state index contributed by atoms with van der Waals surface area (Å²) < 4.78 is 26.9. The van der Waals surface area contributed by atoms with Gasteiger partial charge in [-0.05, 0) is 33.5 Å². The molecule has 1 aliphatic carbocycles. The van der Waals surface area contributed by atoms with E-state index in [1.54, 1.807) is 0 Å². The molecule has 0 bridgehead atoms. The number of fused-ring (bicyclic) bond motifs is 1. The predicted molar refractivity (Wildman–Crippen MR) is 72.8 cm³/mol. The highest BCUT2D eigenvalue weighted by Crippen LogP contribution is 2.37. The first kappa shape index (κ1) is 14.1. The van der Waals surface area contributed by atoms with E-state index in [0.29, 0.717) is 6.42 Å². The van der Waals surface area contributed by atoms with Crippen LogP contribution in [-0.4, -0.2) is 60.9 Å². The number of nitrogens with one attached hydrogen (secondary N) is 1. The summed E-state index contributed by atoms with van der Waals surface area (Å²) in [4.78, 5) is 6.54. The summed E-state index contributed by atoms with van der Waals surface area (Å²) in [5, 5.41) is 3.91. The Labute approximate surface area is 111 Å². The van der Waals surface area contributed by atoms with Gasteiger partial charge < -0.3 is 10.2 Å². The van der Waals surface area contributed by atoms with Crippen molar-refractivity contribution in [2.45, 2.75) is 42.9 Å².